The van der Waals surface area contributed by atoms with Crippen LogP contribution in [-0.2, 0) is 4.12 Å². The minimum atomic E-state index is -2.57. The van der Waals surface area contributed by atoms with E-state index in [-0.39, 0.29) is 14.9 Å². The summed E-state index contributed by atoms with van der Waals surface area (Å²) in [6.07, 6.45) is 2.35. The summed E-state index contributed by atoms with van der Waals surface area (Å²) in [4.78, 5) is 0. The summed E-state index contributed by atoms with van der Waals surface area (Å²) in [7, 11) is -6.55. The highest BCUT2D eigenvalue weighted by Crippen LogP contribution is 2.35. The highest BCUT2D eigenvalue weighted by atomic mass is 35.8. The van der Waals surface area contributed by atoms with Crippen molar-refractivity contribution in [3.63, 3.8) is 0 Å². The number of hydrogen-bond donors (Lipinski definition) is 0. The van der Waals surface area contributed by atoms with Crippen molar-refractivity contribution >= 4 is 265 Å². The third-order valence-corrected chi connectivity index (χ3v) is 37.2. The van der Waals surface area contributed by atoms with Gasteiger partial charge in [0.05, 0.1) is 0 Å². The fraction of sp³-hybridized carbons (Fsp3) is 1.00. The third-order valence-electron chi connectivity index (χ3n) is 5.81. The molecule has 0 aromatic heterocycles. The highest BCUT2D eigenvalue weighted by molar-refractivity contribution is 7.67. The molecule has 0 radical (unpaired) electrons. The molecular formula is C28H75Cl17OSi10. The predicted octanol–water partition coefficient (Wildman–Crippen LogP) is 20.6. The van der Waals surface area contributed by atoms with Crippen LogP contribution in [0.3, 0.4) is 0 Å². The Bertz CT molecular complexity index is 771. The van der Waals surface area contributed by atoms with Gasteiger partial charge >= 0.3 is 12.0 Å². The molecule has 0 fully saturated rings. The van der Waals surface area contributed by atoms with Gasteiger partial charge in [-0.25, -0.2) is 0 Å². The zero-order valence-corrected chi connectivity index (χ0v) is 58.4. The van der Waals surface area contributed by atoms with Crippen molar-refractivity contribution in [3.05, 3.63) is 0 Å². The summed E-state index contributed by atoms with van der Waals surface area (Å²) in [6, 6.07) is 2.62. The highest BCUT2D eigenvalue weighted by Gasteiger charge is 2.41. The van der Waals surface area contributed by atoms with Gasteiger partial charge in [-0.2, -0.15) is 33.2 Å². The third kappa shape index (κ3) is 84.5. The number of alkyl halides is 4. The van der Waals surface area contributed by atoms with Gasteiger partial charge in [-0.3, -0.25) is 0 Å². The minimum Gasteiger partial charge on any atom is -0.452 e. The second-order valence-corrected chi connectivity index (χ2v) is 84.8. The van der Waals surface area contributed by atoms with E-state index in [1.807, 2.05) is 39.3 Å². The Kier molecular flexibility index (Phi) is 54.3. The molecule has 56 heavy (non-hydrogen) atoms. The van der Waals surface area contributed by atoms with E-state index >= 15 is 0 Å². The normalized spacial score (nSPS) is 12.8. The topological polar surface area (TPSA) is 9.23 Å². The number of hydrogen-bond acceptors (Lipinski definition) is 1. The first-order valence-corrected chi connectivity index (χ1v) is 59.1. The van der Waals surface area contributed by atoms with Gasteiger partial charge in [-0.15, -0.1) is 157 Å². The molecule has 0 aliphatic carbocycles. The number of rotatable bonds is 16. The Morgan fingerprint density at radius 2 is 0.643 bits per heavy atom. The predicted molar refractivity (Wildman–Crippen MR) is 313 cm³/mol. The first-order valence-electron chi connectivity index (χ1n) is 17.4. The molecule has 0 saturated carbocycles. The molecule has 28 heteroatoms. The molecule has 0 aromatic carbocycles. The van der Waals surface area contributed by atoms with Crippen molar-refractivity contribution in [2.24, 2.45) is 0 Å². The van der Waals surface area contributed by atoms with Crippen LogP contribution in [0, 0.1) is 0 Å². The van der Waals surface area contributed by atoms with E-state index in [4.69, 9.17) is 195 Å². The molecule has 0 bridgehead atoms. The largest absolute Gasteiger partial charge is 0.452 e. The molecule has 0 aliphatic rings. The minimum absolute atomic E-state index is 0. The molecule has 0 aliphatic heterocycles. The summed E-state index contributed by atoms with van der Waals surface area (Å²) in [6.45, 7) is 25.4. The maximum absolute atomic E-state index is 6.08. The van der Waals surface area contributed by atoms with Crippen LogP contribution in [0.2, 0.25) is 127 Å². The maximum Gasteiger partial charge on any atom is 0.341 e. The quantitative estimate of drug-likeness (QED) is 0.0850. The molecular weight excluding hydrogens is 1240 g/mol. The molecule has 0 atom stereocenters. The van der Waals surface area contributed by atoms with Crippen molar-refractivity contribution in [1.82, 2.24) is 0 Å². The van der Waals surface area contributed by atoms with Crippen molar-refractivity contribution < 1.29 is 4.12 Å². The van der Waals surface area contributed by atoms with E-state index in [0.29, 0.717) is 12.1 Å². The van der Waals surface area contributed by atoms with E-state index in [9.17, 15) is 0 Å². The van der Waals surface area contributed by atoms with Crippen LogP contribution in [-0.4, -0.2) is 83.3 Å². The molecule has 0 spiro atoms. The lowest BCUT2D eigenvalue weighted by molar-refractivity contribution is 0.549. The van der Waals surface area contributed by atoms with Crippen LogP contribution < -0.4 is 0 Å². The fourth-order valence-corrected chi connectivity index (χ4v) is 35.2. The lowest BCUT2D eigenvalue weighted by Gasteiger charge is -2.35. The van der Waals surface area contributed by atoms with E-state index in [1.165, 1.54) is 34.8 Å². The lowest BCUT2D eigenvalue weighted by Crippen LogP contribution is -2.52. The number of halogens is 17. The van der Waals surface area contributed by atoms with Crippen molar-refractivity contribution in [1.29, 1.82) is 0 Å². The van der Waals surface area contributed by atoms with Gasteiger partial charge in [0.1, 0.15) is 31.1 Å². The van der Waals surface area contributed by atoms with Gasteiger partial charge in [0.15, 0.2) is 0 Å². The average molecular weight is 1310 g/mol. The monoisotopic (exact) mass is 1300 g/mol. The van der Waals surface area contributed by atoms with Gasteiger partial charge in [-0.1, -0.05) is 86.9 Å². The van der Waals surface area contributed by atoms with Gasteiger partial charge in [0.25, 0.3) is 0 Å². The standard InChI is InChI=1S/C6H14Cl4OSi2.C5H13Cl3Si2.C5H13ClSi.C4H10Cl2Si.C4H13ClSi2.C2H4Cl6Si2.2CH4/c1-12(2,5(7)8)11-13(3,4)6(9)10;1-9(2,6)4-5-10(3,7)8;1-4-5-7(2,3)6;1-3-4-7(2,5)6;1-7(2,5)4-3-6;3-9(4,5)1-2-10(6,7)8;;/h5-6H,1-4H3;4-5H2,1-3H3;4-5H2,1-3H3;3-4H2,1-2H3;3-4H2,1-2,6H3;1-2H2;2*1H4. The van der Waals surface area contributed by atoms with Crippen LogP contribution in [0.5, 0.6) is 0 Å². The van der Waals surface area contributed by atoms with Crippen LogP contribution in [0.15, 0.2) is 0 Å². The van der Waals surface area contributed by atoms with Crippen LogP contribution in [0.1, 0.15) is 41.5 Å². The molecule has 0 heterocycles. The molecule has 0 amide bonds. The molecule has 0 N–H and O–H groups in total. The smallest absolute Gasteiger partial charge is 0.341 e. The molecule has 0 unspecified atom stereocenters. The Hall–Kier alpha value is 7.06. The van der Waals surface area contributed by atoms with Crippen LogP contribution >= 0.6 is 190 Å². The summed E-state index contributed by atoms with van der Waals surface area (Å²) in [5, 5.41) is 0. The first-order chi connectivity index (χ1) is 23.2. The Morgan fingerprint density at radius 3 is 0.714 bits per heavy atom. The van der Waals surface area contributed by atoms with Crippen molar-refractivity contribution in [2.75, 3.05) is 0 Å². The lowest BCUT2D eigenvalue weighted by atomic mass is 10.6. The molecule has 0 rings (SSSR count). The average Bonchev–Trinajstić information content (AvgIpc) is 2.84. The van der Waals surface area contributed by atoms with Gasteiger partial charge in [0, 0.05) is 10.2 Å². The molecule has 0 aromatic rings. The van der Waals surface area contributed by atoms with E-state index in [1.54, 1.807) is 0 Å². The van der Waals surface area contributed by atoms with Gasteiger partial charge in [0.2, 0.25) is 30.0 Å². The second-order valence-electron chi connectivity index (χ2n) is 15.7. The van der Waals surface area contributed by atoms with Crippen LogP contribution in [0.4, 0.5) is 0 Å². The van der Waals surface area contributed by atoms with Crippen molar-refractivity contribution in [2.45, 2.75) is 177 Å². The molecule has 0 saturated heterocycles. The summed E-state index contributed by atoms with van der Waals surface area (Å²) >= 11 is 97.9. The second kappa shape index (κ2) is 38.0. The van der Waals surface area contributed by atoms with Gasteiger partial charge < -0.3 is 4.12 Å². The Labute approximate surface area is 440 Å². The Morgan fingerprint density at radius 1 is 0.393 bits per heavy atom. The SMILES string of the molecule is C.C.CCC[Si](C)(C)Cl.CCC[Si](C)(Cl)Cl.C[Si](C)(Cl)CC[SiH3].C[Si](C)(Cl)CC[Si](C)(Cl)Cl.C[Si](C)(O[Si](C)(C)C(Cl)Cl)C(Cl)Cl.Cl[Si](Cl)(Cl)CC[Si](Cl)(Cl)Cl. The van der Waals surface area contributed by atoms with E-state index in [2.05, 4.69) is 53.1 Å². The molecule has 1 nitrogen and oxygen atoms in total. The van der Waals surface area contributed by atoms with Crippen LogP contribution in [0.25, 0.3) is 0 Å². The molecule has 352 valence electrons. The first kappa shape index (κ1) is 80.1. The van der Waals surface area contributed by atoms with Crippen molar-refractivity contribution in [3.8, 4) is 0 Å². The summed E-state index contributed by atoms with van der Waals surface area (Å²) in [5.74, 6) is 0. The van der Waals surface area contributed by atoms with E-state index < -0.39 is 73.1 Å². The summed E-state index contributed by atoms with van der Waals surface area (Å²) < 4.78 is 4.99. The maximum atomic E-state index is 6.08. The fourth-order valence-electron chi connectivity index (χ4n) is 3.20. The van der Waals surface area contributed by atoms with Gasteiger partial charge in [-0.05, 0) is 81.6 Å². The zero-order chi connectivity index (χ0) is 45.4. The summed E-state index contributed by atoms with van der Waals surface area (Å²) in [5.41, 5.74) is 0. The van der Waals surface area contributed by atoms with E-state index in [0.717, 1.165) is 24.6 Å². The Balaban J connectivity index is -0.0000000830. The zero-order valence-electron chi connectivity index (χ0n) is 34.6.